The molecule has 4 nitrogen and oxygen atoms in total. The Balaban J connectivity index is 1.61. The largest absolute Gasteiger partial charge is 0.392 e. The molecular weight excluding hydrogens is 319 g/mol. The van der Waals surface area contributed by atoms with Crippen LogP contribution >= 0.6 is 0 Å². The van der Waals surface area contributed by atoms with Crippen molar-refractivity contribution in [3.05, 3.63) is 65.0 Å². The van der Waals surface area contributed by atoms with Gasteiger partial charge < -0.3 is 15.3 Å². The summed E-state index contributed by atoms with van der Waals surface area (Å²) < 4.78 is 13.4. The van der Waals surface area contributed by atoms with Gasteiger partial charge in [-0.15, -0.1) is 0 Å². The quantitative estimate of drug-likeness (QED) is 0.847. The van der Waals surface area contributed by atoms with Gasteiger partial charge in [-0.25, -0.2) is 4.39 Å². The van der Waals surface area contributed by atoms with Gasteiger partial charge in [-0.05, 0) is 48.7 Å². The number of aliphatic hydroxyl groups is 1. The number of aliphatic hydroxyl groups excluding tert-OH is 1. The highest BCUT2D eigenvalue weighted by atomic mass is 19.1. The molecule has 0 spiro atoms. The topological polar surface area (TPSA) is 52.6 Å². The molecule has 1 unspecified atom stereocenters. The lowest BCUT2D eigenvalue weighted by Gasteiger charge is -2.18. The van der Waals surface area contributed by atoms with Crippen LogP contribution in [0.5, 0.6) is 0 Å². The average Bonchev–Trinajstić information content (AvgIpc) is 3.07. The van der Waals surface area contributed by atoms with E-state index in [1.807, 2.05) is 29.2 Å². The van der Waals surface area contributed by atoms with Crippen molar-refractivity contribution in [3.8, 4) is 0 Å². The second-order valence-corrected chi connectivity index (χ2v) is 6.43. The van der Waals surface area contributed by atoms with E-state index in [0.717, 1.165) is 29.8 Å². The average molecular weight is 342 g/mol. The lowest BCUT2D eigenvalue weighted by Crippen LogP contribution is -2.23. The maximum Gasteiger partial charge on any atom is 0.227 e. The van der Waals surface area contributed by atoms with E-state index in [9.17, 15) is 9.18 Å². The highest BCUT2D eigenvalue weighted by molar-refractivity contribution is 5.95. The van der Waals surface area contributed by atoms with Crippen LogP contribution in [-0.4, -0.2) is 17.6 Å². The van der Waals surface area contributed by atoms with E-state index in [1.54, 1.807) is 12.1 Å². The lowest BCUT2D eigenvalue weighted by molar-refractivity contribution is -0.117. The summed E-state index contributed by atoms with van der Waals surface area (Å²) in [6.45, 7) is 3.14. The fourth-order valence-electron chi connectivity index (χ4n) is 3.11. The van der Waals surface area contributed by atoms with Gasteiger partial charge in [0.25, 0.3) is 0 Å². The number of nitrogens with zero attached hydrogens (tertiary/aromatic N) is 1. The fourth-order valence-corrected chi connectivity index (χ4v) is 3.11. The van der Waals surface area contributed by atoms with Crippen molar-refractivity contribution >= 4 is 11.6 Å². The van der Waals surface area contributed by atoms with Crippen molar-refractivity contribution in [2.75, 3.05) is 11.4 Å². The number of nitrogens with one attached hydrogen (secondary N) is 1. The van der Waals surface area contributed by atoms with E-state index in [0.29, 0.717) is 18.5 Å². The highest BCUT2D eigenvalue weighted by Crippen LogP contribution is 2.23. The number of hydrogen-bond acceptors (Lipinski definition) is 3. The van der Waals surface area contributed by atoms with Gasteiger partial charge in [0, 0.05) is 36.8 Å². The van der Waals surface area contributed by atoms with Crippen LogP contribution < -0.4 is 10.2 Å². The smallest absolute Gasteiger partial charge is 0.227 e. The highest BCUT2D eigenvalue weighted by Gasteiger charge is 2.21. The zero-order valence-corrected chi connectivity index (χ0v) is 14.3. The number of amides is 1. The third-order valence-electron chi connectivity index (χ3n) is 4.67. The first-order valence-electron chi connectivity index (χ1n) is 8.60. The molecule has 0 saturated carbocycles. The van der Waals surface area contributed by atoms with Gasteiger partial charge in [-0.3, -0.25) is 4.79 Å². The number of anilines is 1. The molecule has 1 atom stereocenters. The molecule has 2 N–H and O–H groups in total. The standard InChI is InChI=1S/C20H23FN2O2/c1-14(22-12-15-4-9-19(21)17(11-15)13-24)16-5-7-18(8-6-16)23-10-2-3-20(23)25/h4-9,11,14,22,24H,2-3,10,12-13H2,1H3. The number of rotatable bonds is 6. The normalized spacial score (nSPS) is 15.6. The fraction of sp³-hybridized carbons (Fsp3) is 0.350. The van der Waals surface area contributed by atoms with Crippen molar-refractivity contribution in [2.24, 2.45) is 0 Å². The Bertz CT molecular complexity index is 746. The SMILES string of the molecule is CC(NCc1ccc(F)c(CO)c1)c1ccc(N2CCCC2=O)cc1. The number of carbonyl (C=O) groups excluding carboxylic acids is 1. The van der Waals surface area contributed by atoms with Crippen LogP contribution in [-0.2, 0) is 17.9 Å². The van der Waals surface area contributed by atoms with Gasteiger partial charge >= 0.3 is 0 Å². The minimum atomic E-state index is -0.383. The molecule has 0 aliphatic carbocycles. The van der Waals surface area contributed by atoms with Crippen LogP contribution in [0.1, 0.15) is 42.5 Å². The van der Waals surface area contributed by atoms with Gasteiger partial charge in [-0.2, -0.15) is 0 Å². The molecule has 25 heavy (non-hydrogen) atoms. The molecular formula is C20H23FN2O2. The molecule has 1 saturated heterocycles. The monoisotopic (exact) mass is 342 g/mol. The molecule has 2 aromatic carbocycles. The van der Waals surface area contributed by atoms with Gasteiger partial charge in [-0.1, -0.05) is 18.2 Å². The molecule has 5 heteroatoms. The number of benzene rings is 2. The summed E-state index contributed by atoms with van der Waals surface area (Å²) in [5, 5.41) is 12.5. The third kappa shape index (κ3) is 4.06. The predicted molar refractivity (Wildman–Crippen MR) is 95.6 cm³/mol. The molecule has 1 amide bonds. The Labute approximate surface area is 147 Å². The second-order valence-electron chi connectivity index (χ2n) is 6.43. The minimum absolute atomic E-state index is 0.117. The summed E-state index contributed by atoms with van der Waals surface area (Å²) in [7, 11) is 0. The first-order chi connectivity index (χ1) is 12.1. The molecule has 1 aliphatic heterocycles. The zero-order valence-electron chi connectivity index (χ0n) is 14.3. The van der Waals surface area contributed by atoms with Crippen LogP contribution in [0, 0.1) is 5.82 Å². The number of carbonyl (C=O) groups is 1. The second kappa shape index (κ2) is 7.76. The number of halogens is 1. The predicted octanol–water partition coefficient (Wildman–Crippen LogP) is 3.30. The lowest BCUT2D eigenvalue weighted by atomic mass is 10.1. The number of hydrogen-bond donors (Lipinski definition) is 2. The summed E-state index contributed by atoms with van der Waals surface area (Å²) in [6.07, 6.45) is 1.55. The summed E-state index contributed by atoms with van der Waals surface area (Å²) in [4.78, 5) is 13.6. The molecule has 132 valence electrons. The van der Waals surface area contributed by atoms with Crippen molar-refractivity contribution < 1.29 is 14.3 Å². The van der Waals surface area contributed by atoms with Crippen LogP contribution in [0.25, 0.3) is 0 Å². The Kier molecular flexibility index (Phi) is 5.46. The van der Waals surface area contributed by atoms with E-state index in [-0.39, 0.29) is 24.4 Å². The molecule has 1 heterocycles. The van der Waals surface area contributed by atoms with Gasteiger partial charge in [0.1, 0.15) is 5.82 Å². The first-order valence-corrected chi connectivity index (χ1v) is 8.60. The maximum absolute atomic E-state index is 13.4. The van der Waals surface area contributed by atoms with Crippen molar-refractivity contribution in [2.45, 2.75) is 39.0 Å². The van der Waals surface area contributed by atoms with E-state index in [4.69, 9.17) is 5.11 Å². The van der Waals surface area contributed by atoms with E-state index < -0.39 is 0 Å². The summed E-state index contributed by atoms with van der Waals surface area (Å²) in [6, 6.07) is 12.9. The Morgan fingerprint density at radius 1 is 1.24 bits per heavy atom. The van der Waals surface area contributed by atoms with Gasteiger partial charge in [0.2, 0.25) is 5.91 Å². The molecule has 0 bridgehead atoms. The third-order valence-corrected chi connectivity index (χ3v) is 4.67. The minimum Gasteiger partial charge on any atom is -0.392 e. The Morgan fingerprint density at radius 3 is 2.64 bits per heavy atom. The molecule has 1 fully saturated rings. The summed E-state index contributed by atoms with van der Waals surface area (Å²) in [5.41, 5.74) is 3.31. The van der Waals surface area contributed by atoms with Crippen molar-refractivity contribution in [3.63, 3.8) is 0 Å². The first kappa shape index (κ1) is 17.6. The van der Waals surface area contributed by atoms with Gasteiger partial charge in [0.15, 0.2) is 0 Å². The zero-order chi connectivity index (χ0) is 17.8. The van der Waals surface area contributed by atoms with Crippen molar-refractivity contribution in [1.29, 1.82) is 0 Å². The van der Waals surface area contributed by atoms with Crippen LogP contribution in [0.2, 0.25) is 0 Å². The summed E-state index contributed by atoms with van der Waals surface area (Å²) in [5.74, 6) is -0.193. The molecule has 0 radical (unpaired) electrons. The maximum atomic E-state index is 13.4. The molecule has 3 rings (SSSR count). The molecule has 2 aromatic rings. The Morgan fingerprint density at radius 2 is 2.00 bits per heavy atom. The van der Waals surface area contributed by atoms with Crippen LogP contribution in [0.4, 0.5) is 10.1 Å². The van der Waals surface area contributed by atoms with Gasteiger partial charge in [0.05, 0.1) is 6.61 Å². The van der Waals surface area contributed by atoms with Crippen LogP contribution in [0.3, 0.4) is 0 Å². The van der Waals surface area contributed by atoms with Crippen molar-refractivity contribution in [1.82, 2.24) is 5.32 Å². The van der Waals surface area contributed by atoms with E-state index >= 15 is 0 Å². The molecule has 1 aliphatic rings. The Hall–Kier alpha value is -2.24. The van der Waals surface area contributed by atoms with Crippen LogP contribution in [0.15, 0.2) is 42.5 Å². The van der Waals surface area contributed by atoms with E-state index in [1.165, 1.54) is 6.07 Å². The summed E-state index contributed by atoms with van der Waals surface area (Å²) >= 11 is 0. The molecule has 0 aromatic heterocycles. The van der Waals surface area contributed by atoms with E-state index in [2.05, 4.69) is 12.2 Å².